The number of anilines is 1. The molecule has 0 unspecified atom stereocenters. The number of fused-ring (bicyclic) bond motifs is 1. The van der Waals surface area contributed by atoms with Crippen LogP contribution in [-0.4, -0.2) is 45.1 Å². The van der Waals surface area contributed by atoms with Crippen LogP contribution in [0.3, 0.4) is 0 Å². The largest absolute Gasteiger partial charge is 0.390 e. The summed E-state index contributed by atoms with van der Waals surface area (Å²) in [7, 11) is 1.65. The van der Waals surface area contributed by atoms with Gasteiger partial charge in [0.15, 0.2) is 0 Å². The Labute approximate surface area is 129 Å². The van der Waals surface area contributed by atoms with E-state index in [1.54, 1.807) is 7.11 Å². The lowest BCUT2D eigenvalue weighted by Gasteiger charge is -2.22. The third-order valence-corrected chi connectivity index (χ3v) is 4.47. The molecule has 22 heavy (non-hydrogen) atoms. The van der Waals surface area contributed by atoms with E-state index in [1.807, 2.05) is 23.8 Å². The maximum atomic E-state index is 10.2. The van der Waals surface area contributed by atoms with E-state index in [9.17, 15) is 5.11 Å². The van der Waals surface area contributed by atoms with Crippen molar-refractivity contribution >= 4 is 16.9 Å². The third kappa shape index (κ3) is 2.25. The average Bonchev–Trinajstić information content (AvgIpc) is 3.08. The van der Waals surface area contributed by atoms with E-state index in [0.29, 0.717) is 12.2 Å². The minimum Gasteiger partial charge on any atom is -0.390 e. The Morgan fingerprint density at radius 1 is 1.50 bits per heavy atom. The molecule has 3 N–H and O–H groups in total. The molecule has 1 aliphatic heterocycles. The van der Waals surface area contributed by atoms with Crippen LogP contribution in [0.5, 0.6) is 0 Å². The van der Waals surface area contributed by atoms with Crippen LogP contribution < -0.4 is 5.73 Å². The molecule has 3 heterocycles. The van der Waals surface area contributed by atoms with Crippen LogP contribution >= 0.6 is 0 Å². The van der Waals surface area contributed by atoms with E-state index in [-0.39, 0.29) is 24.4 Å². The number of hydrogen-bond donors (Lipinski definition) is 2. The molecule has 0 spiro atoms. The summed E-state index contributed by atoms with van der Waals surface area (Å²) in [5.74, 6) is 0.519. The quantitative estimate of drug-likeness (QED) is 0.885. The fraction of sp³-hybridized carbons (Fsp3) is 0.600. The smallest absolute Gasteiger partial charge is 0.147 e. The molecule has 5 atom stereocenters. The summed E-state index contributed by atoms with van der Waals surface area (Å²) in [5.41, 5.74) is 6.61. The van der Waals surface area contributed by atoms with Gasteiger partial charge in [0.25, 0.3) is 0 Å². The van der Waals surface area contributed by atoms with Gasteiger partial charge in [0.1, 0.15) is 30.1 Å². The highest BCUT2D eigenvalue weighted by Crippen LogP contribution is 2.39. The van der Waals surface area contributed by atoms with E-state index >= 15 is 0 Å². The summed E-state index contributed by atoms with van der Waals surface area (Å²) in [6.45, 7) is 3.98. The van der Waals surface area contributed by atoms with Crippen molar-refractivity contribution in [2.45, 2.75) is 44.8 Å². The SMILES string of the molecule is CC[C@@H](O)[C@H]1O[C@@H](n2ccc3c(N)ncnc32)[C@@H](C)[C@@H]1OC. The molecule has 1 saturated heterocycles. The summed E-state index contributed by atoms with van der Waals surface area (Å²) < 4.78 is 13.6. The van der Waals surface area contributed by atoms with Gasteiger partial charge in [0.2, 0.25) is 0 Å². The molecular formula is C15H22N4O3. The number of ether oxygens (including phenoxy) is 2. The number of aliphatic hydroxyl groups excluding tert-OH is 1. The Morgan fingerprint density at radius 3 is 2.95 bits per heavy atom. The van der Waals surface area contributed by atoms with Crippen molar-refractivity contribution in [3.05, 3.63) is 18.6 Å². The van der Waals surface area contributed by atoms with Crippen LogP contribution in [0, 0.1) is 5.92 Å². The summed E-state index contributed by atoms with van der Waals surface area (Å²) in [6, 6.07) is 1.88. The topological polar surface area (TPSA) is 95.4 Å². The van der Waals surface area contributed by atoms with Gasteiger partial charge in [-0.15, -0.1) is 0 Å². The Balaban J connectivity index is 1.98. The number of nitrogen functional groups attached to an aromatic ring is 1. The van der Waals surface area contributed by atoms with Crippen LogP contribution in [0.15, 0.2) is 18.6 Å². The van der Waals surface area contributed by atoms with Crippen molar-refractivity contribution in [2.75, 3.05) is 12.8 Å². The highest BCUT2D eigenvalue weighted by molar-refractivity contribution is 5.86. The average molecular weight is 306 g/mol. The molecule has 3 rings (SSSR count). The second-order valence-corrected chi connectivity index (χ2v) is 5.75. The van der Waals surface area contributed by atoms with Gasteiger partial charge in [-0.2, -0.15) is 0 Å². The zero-order valence-corrected chi connectivity index (χ0v) is 13.0. The van der Waals surface area contributed by atoms with Crippen molar-refractivity contribution < 1.29 is 14.6 Å². The fourth-order valence-corrected chi connectivity index (χ4v) is 3.23. The first-order valence-electron chi connectivity index (χ1n) is 7.51. The van der Waals surface area contributed by atoms with Gasteiger partial charge < -0.3 is 24.9 Å². The molecule has 120 valence electrons. The van der Waals surface area contributed by atoms with E-state index in [4.69, 9.17) is 15.2 Å². The Morgan fingerprint density at radius 2 is 2.27 bits per heavy atom. The maximum absolute atomic E-state index is 10.2. The molecule has 7 nitrogen and oxygen atoms in total. The van der Waals surface area contributed by atoms with Gasteiger partial charge in [-0.3, -0.25) is 0 Å². The van der Waals surface area contributed by atoms with Gasteiger partial charge in [0, 0.05) is 19.2 Å². The second kappa shape index (κ2) is 5.83. The molecule has 0 saturated carbocycles. The van der Waals surface area contributed by atoms with Crippen LogP contribution in [0.1, 0.15) is 26.5 Å². The maximum Gasteiger partial charge on any atom is 0.147 e. The second-order valence-electron chi connectivity index (χ2n) is 5.75. The minimum atomic E-state index is -0.557. The number of rotatable bonds is 4. The minimum absolute atomic E-state index is 0.0722. The summed E-state index contributed by atoms with van der Waals surface area (Å²) >= 11 is 0. The molecule has 0 bridgehead atoms. The van der Waals surface area contributed by atoms with Crippen molar-refractivity contribution in [3.8, 4) is 0 Å². The number of aromatic nitrogens is 3. The number of hydrogen-bond acceptors (Lipinski definition) is 6. The van der Waals surface area contributed by atoms with E-state index in [1.165, 1.54) is 6.33 Å². The predicted molar refractivity (Wildman–Crippen MR) is 82.1 cm³/mol. The molecule has 0 amide bonds. The van der Waals surface area contributed by atoms with Crippen LogP contribution in [0.4, 0.5) is 5.82 Å². The first kappa shape index (κ1) is 15.2. The number of methoxy groups -OCH3 is 1. The van der Waals surface area contributed by atoms with E-state index in [2.05, 4.69) is 16.9 Å². The Bertz CT molecular complexity index is 659. The van der Waals surface area contributed by atoms with Gasteiger partial charge in [-0.25, -0.2) is 9.97 Å². The van der Waals surface area contributed by atoms with E-state index in [0.717, 1.165) is 11.0 Å². The van der Waals surface area contributed by atoms with Gasteiger partial charge in [-0.05, 0) is 12.5 Å². The molecule has 2 aromatic rings. The van der Waals surface area contributed by atoms with E-state index < -0.39 is 6.10 Å². The predicted octanol–water partition coefficient (Wildman–Crippen LogP) is 1.33. The molecule has 0 aliphatic carbocycles. The first-order valence-corrected chi connectivity index (χ1v) is 7.51. The number of nitrogens with two attached hydrogens (primary N) is 1. The highest BCUT2D eigenvalue weighted by Gasteiger charge is 2.46. The molecule has 7 heteroatoms. The lowest BCUT2D eigenvalue weighted by atomic mass is 9.97. The van der Waals surface area contributed by atoms with Gasteiger partial charge in [0.05, 0.1) is 17.6 Å². The first-order chi connectivity index (χ1) is 10.6. The number of aliphatic hydroxyl groups is 1. The Hall–Kier alpha value is -1.70. The van der Waals surface area contributed by atoms with Crippen molar-refractivity contribution in [3.63, 3.8) is 0 Å². The fourth-order valence-electron chi connectivity index (χ4n) is 3.23. The highest BCUT2D eigenvalue weighted by atomic mass is 16.6. The van der Waals surface area contributed by atoms with Crippen LogP contribution in [0.2, 0.25) is 0 Å². The zero-order valence-electron chi connectivity index (χ0n) is 13.0. The molecular weight excluding hydrogens is 284 g/mol. The summed E-state index contributed by atoms with van der Waals surface area (Å²) in [6.07, 6.45) is 2.61. The summed E-state index contributed by atoms with van der Waals surface area (Å²) in [5, 5.41) is 11.0. The van der Waals surface area contributed by atoms with Crippen molar-refractivity contribution in [1.29, 1.82) is 0 Å². The molecule has 1 fully saturated rings. The lowest BCUT2D eigenvalue weighted by molar-refractivity contribution is -0.0885. The molecule has 2 aromatic heterocycles. The van der Waals surface area contributed by atoms with Crippen LogP contribution in [-0.2, 0) is 9.47 Å². The third-order valence-electron chi connectivity index (χ3n) is 4.47. The summed E-state index contributed by atoms with van der Waals surface area (Å²) in [4.78, 5) is 8.31. The number of nitrogens with zero attached hydrogens (tertiary/aromatic N) is 3. The normalized spacial score (nSPS) is 30.0. The van der Waals surface area contributed by atoms with Crippen molar-refractivity contribution in [1.82, 2.24) is 14.5 Å². The van der Waals surface area contributed by atoms with Crippen LogP contribution in [0.25, 0.3) is 11.0 Å². The molecule has 0 aromatic carbocycles. The van der Waals surface area contributed by atoms with Gasteiger partial charge in [-0.1, -0.05) is 13.8 Å². The Kier molecular flexibility index (Phi) is 4.03. The zero-order chi connectivity index (χ0) is 15.9. The monoisotopic (exact) mass is 306 g/mol. The molecule has 1 aliphatic rings. The van der Waals surface area contributed by atoms with Gasteiger partial charge >= 0.3 is 0 Å². The lowest BCUT2D eigenvalue weighted by Crippen LogP contribution is -2.37. The standard InChI is InChI=1S/C15H22N4O3/c1-4-10(20)12-11(21-3)8(2)15(22-12)19-6-5-9-13(16)17-7-18-14(9)19/h5-8,10-12,15,20H,4H2,1-3H3,(H2,16,17,18)/t8-,10+,11-,12+,15+/m0/s1. The van der Waals surface area contributed by atoms with Crippen molar-refractivity contribution in [2.24, 2.45) is 5.92 Å². The molecule has 0 radical (unpaired) electrons.